The van der Waals surface area contributed by atoms with Gasteiger partial charge in [-0.1, -0.05) is 28.1 Å². The highest BCUT2D eigenvalue weighted by Gasteiger charge is 2.24. The lowest BCUT2D eigenvalue weighted by Crippen LogP contribution is -2.27. The van der Waals surface area contributed by atoms with Gasteiger partial charge in [0, 0.05) is 4.47 Å². The van der Waals surface area contributed by atoms with Crippen LogP contribution in [0, 0.1) is 0 Å². The molecule has 0 radical (unpaired) electrons. The predicted octanol–water partition coefficient (Wildman–Crippen LogP) is 2.79. The Labute approximate surface area is 102 Å². The van der Waals surface area contributed by atoms with E-state index in [0.717, 1.165) is 17.3 Å². The van der Waals surface area contributed by atoms with E-state index >= 15 is 0 Å². The second-order valence-electron chi connectivity index (χ2n) is 3.60. The minimum absolute atomic E-state index is 0.0276. The molecule has 1 aromatic carbocycles. The second-order valence-corrected chi connectivity index (χ2v) is 4.72. The van der Waals surface area contributed by atoms with E-state index in [-0.39, 0.29) is 17.8 Å². The normalized spacial score (nSPS) is 18.7. The number of halogens is 2. The molecule has 0 saturated heterocycles. The van der Waals surface area contributed by atoms with Crippen LogP contribution in [0.15, 0.2) is 22.7 Å². The van der Waals surface area contributed by atoms with Crippen LogP contribution >= 0.6 is 27.5 Å². The van der Waals surface area contributed by atoms with E-state index in [2.05, 4.69) is 27.3 Å². The molecule has 2 nitrogen and oxygen atoms in total. The molecule has 80 valence electrons. The van der Waals surface area contributed by atoms with E-state index < -0.39 is 0 Å². The highest BCUT2D eigenvalue weighted by Crippen LogP contribution is 2.35. The summed E-state index contributed by atoms with van der Waals surface area (Å²) in [6, 6.07) is 6.22. The molecule has 0 aromatic heterocycles. The lowest BCUT2D eigenvalue weighted by molar-refractivity contribution is -0.119. The fourth-order valence-electron chi connectivity index (χ4n) is 1.99. The first-order chi connectivity index (χ1) is 7.22. The Kier molecular flexibility index (Phi) is 3.32. The number of benzene rings is 1. The molecule has 0 bridgehead atoms. The van der Waals surface area contributed by atoms with Gasteiger partial charge in [0.2, 0.25) is 5.91 Å². The predicted molar refractivity (Wildman–Crippen MR) is 64.1 cm³/mol. The van der Waals surface area contributed by atoms with Crippen LogP contribution in [0.3, 0.4) is 0 Å². The van der Waals surface area contributed by atoms with Gasteiger partial charge in [0.05, 0.1) is 6.04 Å². The third kappa shape index (κ3) is 2.18. The molecule has 0 spiro atoms. The minimum atomic E-state index is -0.102. The molecule has 0 fully saturated rings. The maximum absolute atomic E-state index is 11.2. The van der Waals surface area contributed by atoms with Gasteiger partial charge in [-0.25, -0.2) is 0 Å². The fourth-order valence-corrected chi connectivity index (χ4v) is 2.65. The molecule has 0 saturated carbocycles. The minimum Gasteiger partial charge on any atom is -0.348 e. The molecular formula is C11H11BrClNO. The molecule has 2 rings (SSSR count). The Bertz CT molecular complexity index is 394. The number of hydrogen-bond acceptors (Lipinski definition) is 1. The van der Waals surface area contributed by atoms with Crippen molar-refractivity contribution < 1.29 is 4.79 Å². The smallest absolute Gasteiger partial charge is 0.235 e. The van der Waals surface area contributed by atoms with Crippen molar-refractivity contribution in [2.45, 2.75) is 18.9 Å². The Morgan fingerprint density at radius 3 is 3.13 bits per heavy atom. The first kappa shape index (κ1) is 11.0. The van der Waals surface area contributed by atoms with Crippen LogP contribution in [0.4, 0.5) is 0 Å². The summed E-state index contributed by atoms with van der Waals surface area (Å²) in [6.45, 7) is 0. The monoisotopic (exact) mass is 287 g/mol. The van der Waals surface area contributed by atoms with Gasteiger partial charge in [-0.15, -0.1) is 11.6 Å². The molecule has 1 amide bonds. The Hall–Kier alpha value is -0.540. The van der Waals surface area contributed by atoms with E-state index in [1.807, 2.05) is 12.1 Å². The maximum atomic E-state index is 11.2. The zero-order chi connectivity index (χ0) is 10.8. The van der Waals surface area contributed by atoms with E-state index in [9.17, 15) is 4.79 Å². The maximum Gasteiger partial charge on any atom is 0.235 e. The summed E-state index contributed by atoms with van der Waals surface area (Å²) in [6.07, 6.45) is 1.96. The first-order valence-corrected chi connectivity index (χ1v) is 6.17. The number of fused-ring (bicyclic) bond motifs is 1. The number of alkyl halides is 1. The van der Waals surface area contributed by atoms with Crippen LogP contribution < -0.4 is 5.32 Å². The molecule has 15 heavy (non-hydrogen) atoms. The number of rotatable bonds is 2. The van der Waals surface area contributed by atoms with Crippen LogP contribution in [0.25, 0.3) is 0 Å². The molecule has 1 aliphatic rings. The van der Waals surface area contributed by atoms with Crippen molar-refractivity contribution in [1.82, 2.24) is 5.32 Å². The summed E-state index contributed by atoms with van der Waals surface area (Å²) in [5.41, 5.74) is 2.51. The fraction of sp³-hybridized carbons (Fsp3) is 0.364. The van der Waals surface area contributed by atoms with Crippen LogP contribution in [0.2, 0.25) is 0 Å². The summed E-state index contributed by atoms with van der Waals surface area (Å²) in [5.74, 6) is -0.0747. The molecule has 1 atom stereocenters. The quantitative estimate of drug-likeness (QED) is 0.833. The van der Waals surface area contributed by atoms with E-state index in [0.29, 0.717) is 0 Å². The van der Waals surface area contributed by atoms with E-state index in [4.69, 9.17) is 11.6 Å². The Morgan fingerprint density at radius 2 is 2.40 bits per heavy atom. The third-order valence-corrected chi connectivity index (χ3v) is 3.66. The van der Waals surface area contributed by atoms with Crippen molar-refractivity contribution in [2.24, 2.45) is 0 Å². The average molecular weight is 289 g/mol. The summed E-state index contributed by atoms with van der Waals surface area (Å²) in [7, 11) is 0. The Balaban J connectivity index is 2.21. The molecular weight excluding hydrogens is 277 g/mol. The van der Waals surface area contributed by atoms with E-state index in [1.165, 1.54) is 11.1 Å². The van der Waals surface area contributed by atoms with Gasteiger partial charge in [0.15, 0.2) is 0 Å². The van der Waals surface area contributed by atoms with Crippen LogP contribution in [-0.2, 0) is 11.2 Å². The molecule has 0 heterocycles. The zero-order valence-corrected chi connectivity index (χ0v) is 10.4. The molecule has 1 aliphatic carbocycles. The van der Waals surface area contributed by atoms with Crippen LogP contribution in [0.1, 0.15) is 23.6 Å². The first-order valence-electron chi connectivity index (χ1n) is 4.85. The van der Waals surface area contributed by atoms with Crippen molar-refractivity contribution in [3.8, 4) is 0 Å². The Morgan fingerprint density at radius 1 is 1.60 bits per heavy atom. The third-order valence-electron chi connectivity index (χ3n) is 2.67. The number of hydrogen-bond donors (Lipinski definition) is 1. The van der Waals surface area contributed by atoms with Gasteiger partial charge < -0.3 is 5.32 Å². The number of amides is 1. The number of carbonyl (C=O) groups excluding carboxylic acids is 1. The van der Waals surface area contributed by atoms with Gasteiger partial charge in [-0.3, -0.25) is 4.79 Å². The standard InChI is InChI=1S/C11H11BrClNO/c12-9-3-1-2-8-7(9)4-5-10(8)14-11(15)6-13/h1-3,10H,4-6H2,(H,14,15)/t10-/m1/s1. The zero-order valence-electron chi connectivity index (χ0n) is 8.09. The average Bonchev–Trinajstić information content (AvgIpc) is 2.63. The van der Waals surface area contributed by atoms with Crippen molar-refractivity contribution in [3.63, 3.8) is 0 Å². The number of carbonyl (C=O) groups is 1. The number of nitrogens with one attached hydrogen (secondary N) is 1. The highest BCUT2D eigenvalue weighted by molar-refractivity contribution is 9.10. The lowest BCUT2D eigenvalue weighted by Gasteiger charge is -2.13. The molecule has 1 N–H and O–H groups in total. The van der Waals surface area contributed by atoms with Gasteiger partial charge in [0.1, 0.15) is 5.88 Å². The van der Waals surface area contributed by atoms with Gasteiger partial charge >= 0.3 is 0 Å². The van der Waals surface area contributed by atoms with Crippen molar-refractivity contribution >= 4 is 33.4 Å². The molecule has 0 unspecified atom stereocenters. The molecule has 0 aliphatic heterocycles. The second kappa shape index (κ2) is 4.54. The summed E-state index contributed by atoms with van der Waals surface area (Å²) < 4.78 is 1.13. The van der Waals surface area contributed by atoms with Gasteiger partial charge in [-0.05, 0) is 30.0 Å². The van der Waals surface area contributed by atoms with Crippen LogP contribution in [-0.4, -0.2) is 11.8 Å². The van der Waals surface area contributed by atoms with E-state index in [1.54, 1.807) is 0 Å². The lowest BCUT2D eigenvalue weighted by atomic mass is 10.1. The summed E-state index contributed by atoms with van der Waals surface area (Å²) >= 11 is 8.99. The summed E-state index contributed by atoms with van der Waals surface area (Å²) in [5, 5.41) is 2.92. The van der Waals surface area contributed by atoms with Crippen molar-refractivity contribution in [2.75, 3.05) is 5.88 Å². The van der Waals surface area contributed by atoms with Crippen molar-refractivity contribution in [1.29, 1.82) is 0 Å². The van der Waals surface area contributed by atoms with Crippen LogP contribution in [0.5, 0.6) is 0 Å². The van der Waals surface area contributed by atoms with Gasteiger partial charge in [0.25, 0.3) is 0 Å². The molecule has 1 aromatic rings. The highest BCUT2D eigenvalue weighted by atomic mass is 79.9. The van der Waals surface area contributed by atoms with Crippen molar-refractivity contribution in [3.05, 3.63) is 33.8 Å². The largest absolute Gasteiger partial charge is 0.348 e. The molecule has 4 heteroatoms. The SMILES string of the molecule is O=C(CCl)N[C@@H]1CCc2c(Br)cccc21. The van der Waals surface area contributed by atoms with Gasteiger partial charge in [-0.2, -0.15) is 0 Å². The summed E-state index contributed by atoms with van der Waals surface area (Å²) in [4.78, 5) is 11.2. The topological polar surface area (TPSA) is 29.1 Å².